The van der Waals surface area contributed by atoms with Crippen LogP contribution in [0.25, 0.3) is 10.8 Å². The maximum atomic E-state index is 12.5. The van der Waals surface area contributed by atoms with Gasteiger partial charge in [0.25, 0.3) is 11.5 Å². The van der Waals surface area contributed by atoms with E-state index in [9.17, 15) is 14.4 Å². The lowest BCUT2D eigenvalue weighted by Crippen LogP contribution is -2.51. The molecule has 1 fully saturated rings. The highest BCUT2D eigenvalue weighted by Crippen LogP contribution is 2.23. The summed E-state index contributed by atoms with van der Waals surface area (Å²) in [7, 11) is 0. The predicted molar refractivity (Wildman–Crippen MR) is 109 cm³/mol. The first-order valence-electron chi connectivity index (χ1n) is 9.60. The van der Waals surface area contributed by atoms with E-state index in [0.29, 0.717) is 55.9 Å². The van der Waals surface area contributed by atoms with Gasteiger partial charge in [0.2, 0.25) is 0 Å². The van der Waals surface area contributed by atoms with Crippen LogP contribution in [0.5, 0.6) is 5.75 Å². The second kappa shape index (κ2) is 9.27. The fraction of sp³-hybridized carbons (Fsp3) is 0.381. The number of nitrogens with zero attached hydrogens (tertiary/aromatic N) is 3. The molecule has 0 N–H and O–H groups in total. The summed E-state index contributed by atoms with van der Waals surface area (Å²) in [4.78, 5) is 40.0. The van der Waals surface area contributed by atoms with Crippen LogP contribution in [0.2, 0.25) is 0 Å². The van der Waals surface area contributed by atoms with Crippen molar-refractivity contribution in [2.75, 3.05) is 39.4 Å². The second-order valence-corrected chi connectivity index (χ2v) is 6.63. The number of hydrogen-bond acceptors (Lipinski definition) is 5. The number of carbonyl (C=O) groups excluding carboxylic acids is 2. The third-order valence-corrected chi connectivity index (χ3v) is 4.81. The lowest BCUT2D eigenvalue weighted by molar-refractivity contribution is -0.134. The smallest absolute Gasteiger partial charge is 0.409 e. The molecule has 0 atom stereocenters. The number of fused-ring (bicyclic) bond motifs is 1. The Kier molecular flexibility index (Phi) is 6.54. The number of pyridine rings is 1. The van der Waals surface area contributed by atoms with E-state index in [2.05, 4.69) is 6.58 Å². The summed E-state index contributed by atoms with van der Waals surface area (Å²) in [6.45, 7) is 7.77. The quantitative estimate of drug-likeness (QED) is 0.693. The van der Waals surface area contributed by atoms with E-state index in [1.54, 1.807) is 57.8 Å². The summed E-state index contributed by atoms with van der Waals surface area (Å²) in [6.07, 6.45) is 3.00. The van der Waals surface area contributed by atoms with Crippen molar-refractivity contribution in [3.63, 3.8) is 0 Å². The predicted octanol–water partition coefficient (Wildman–Crippen LogP) is 1.87. The van der Waals surface area contributed by atoms with Crippen LogP contribution in [0.3, 0.4) is 0 Å². The van der Waals surface area contributed by atoms with Gasteiger partial charge in [0.15, 0.2) is 6.61 Å². The van der Waals surface area contributed by atoms with Crippen LogP contribution in [0, 0.1) is 0 Å². The van der Waals surface area contributed by atoms with Crippen molar-refractivity contribution in [1.82, 2.24) is 14.4 Å². The van der Waals surface area contributed by atoms with Crippen molar-refractivity contribution >= 4 is 22.8 Å². The van der Waals surface area contributed by atoms with Crippen LogP contribution >= 0.6 is 0 Å². The van der Waals surface area contributed by atoms with E-state index in [4.69, 9.17) is 9.47 Å². The summed E-state index contributed by atoms with van der Waals surface area (Å²) in [6, 6.07) is 7.02. The third-order valence-electron chi connectivity index (χ3n) is 4.81. The van der Waals surface area contributed by atoms with Crippen LogP contribution in [0.1, 0.15) is 6.92 Å². The van der Waals surface area contributed by atoms with Gasteiger partial charge in [-0.15, -0.1) is 6.58 Å². The number of benzene rings is 1. The molecule has 2 amide bonds. The van der Waals surface area contributed by atoms with Gasteiger partial charge in [-0.3, -0.25) is 9.59 Å². The topological polar surface area (TPSA) is 81.1 Å². The molecule has 0 spiro atoms. The molecule has 154 valence electrons. The summed E-state index contributed by atoms with van der Waals surface area (Å²) in [5, 5.41) is 1.19. The Morgan fingerprint density at radius 3 is 2.52 bits per heavy atom. The van der Waals surface area contributed by atoms with Gasteiger partial charge < -0.3 is 23.8 Å². The Balaban J connectivity index is 1.63. The van der Waals surface area contributed by atoms with E-state index in [-0.39, 0.29) is 24.2 Å². The molecule has 1 aromatic carbocycles. The van der Waals surface area contributed by atoms with Crippen molar-refractivity contribution in [2.45, 2.75) is 13.5 Å². The highest BCUT2D eigenvalue weighted by molar-refractivity contribution is 5.88. The maximum absolute atomic E-state index is 12.5. The lowest BCUT2D eigenvalue weighted by atomic mass is 10.1. The molecule has 0 aliphatic carbocycles. The molecule has 1 saturated heterocycles. The molecule has 2 heterocycles. The van der Waals surface area contributed by atoms with Crippen molar-refractivity contribution in [1.29, 1.82) is 0 Å². The zero-order chi connectivity index (χ0) is 20.8. The van der Waals surface area contributed by atoms with Gasteiger partial charge in [-0.05, 0) is 25.1 Å². The molecule has 29 heavy (non-hydrogen) atoms. The average Bonchev–Trinajstić information content (AvgIpc) is 2.74. The minimum atomic E-state index is -0.353. The normalized spacial score (nSPS) is 14.0. The Morgan fingerprint density at radius 1 is 1.10 bits per heavy atom. The Labute approximate surface area is 168 Å². The second-order valence-electron chi connectivity index (χ2n) is 6.63. The number of rotatable bonds is 6. The maximum Gasteiger partial charge on any atom is 0.409 e. The number of allylic oxidation sites excluding steroid dienone is 1. The first-order valence-corrected chi connectivity index (χ1v) is 9.60. The van der Waals surface area contributed by atoms with Gasteiger partial charge >= 0.3 is 6.09 Å². The zero-order valence-corrected chi connectivity index (χ0v) is 16.5. The molecule has 3 rings (SSSR count). The molecular formula is C21H25N3O5. The molecule has 1 aliphatic heterocycles. The van der Waals surface area contributed by atoms with Crippen LogP contribution in [0.15, 0.2) is 47.9 Å². The van der Waals surface area contributed by atoms with Crippen molar-refractivity contribution < 1.29 is 19.1 Å². The SMILES string of the molecule is C=CCn1ccc2c(OCC(=O)N3CCN(C(=O)OCC)CC3)cccc2c1=O. The largest absolute Gasteiger partial charge is 0.483 e. The molecule has 0 bridgehead atoms. The van der Waals surface area contributed by atoms with Gasteiger partial charge in [-0.2, -0.15) is 0 Å². The first-order chi connectivity index (χ1) is 14.0. The number of amides is 2. The van der Waals surface area contributed by atoms with Gasteiger partial charge in [-0.1, -0.05) is 12.1 Å². The molecule has 8 nitrogen and oxygen atoms in total. The molecule has 0 unspecified atom stereocenters. The molecule has 1 aliphatic rings. The Hall–Kier alpha value is -3.29. The zero-order valence-electron chi connectivity index (χ0n) is 16.5. The fourth-order valence-electron chi connectivity index (χ4n) is 3.28. The Bertz CT molecular complexity index is 960. The highest BCUT2D eigenvalue weighted by Gasteiger charge is 2.25. The third kappa shape index (κ3) is 4.59. The molecule has 8 heteroatoms. The van der Waals surface area contributed by atoms with E-state index in [1.807, 2.05) is 0 Å². The van der Waals surface area contributed by atoms with Gasteiger partial charge in [0.1, 0.15) is 5.75 Å². The number of carbonyl (C=O) groups is 2. The summed E-state index contributed by atoms with van der Waals surface area (Å²) >= 11 is 0. The highest BCUT2D eigenvalue weighted by atomic mass is 16.6. The number of aromatic nitrogens is 1. The van der Waals surface area contributed by atoms with E-state index in [1.165, 1.54) is 0 Å². The Morgan fingerprint density at radius 2 is 1.83 bits per heavy atom. The number of piperazine rings is 1. The average molecular weight is 399 g/mol. The molecule has 0 saturated carbocycles. The van der Waals surface area contributed by atoms with Gasteiger partial charge in [-0.25, -0.2) is 4.79 Å². The van der Waals surface area contributed by atoms with Gasteiger partial charge in [0, 0.05) is 44.3 Å². The van der Waals surface area contributed by atoms with Crippen LogP contribution < -0.4 is 10.3 Å². The van der Waals surface area contributed by atoms with Crippen LogP contribution in [-0.4, -0.2) is 65.8 Å². The van der Waals surface area contributed by atoms with Crippen molar-refractivity contribution in [3.8, 4) is 5.75 Å². The molecular weight excluding hydrogens is 374 g/mol. The molecule has 0 radical (unpaired) electrons. The number of hydrogen-bond donors (Lipinski definition) is 0. The summed E-state index contributed by atoms with van der Waals surface area (Å²) < 4.78 is 12.3. The van der Waals surface area contributed by atoms with Crippen molar-refractivity contribution in [3.05, 3.63) is 53.5 Å². The monoisotopic (exact) mass is 399 g/mol. The van der Waals surface area contributed by atoms with E-state index >= 15 is 0 Å². The first kappa shape index (κ1) is 20.4. The van der Waals surface area contributed by atoms with E-state index in [0.717, 1.165) is 0 Å². The minimum Gasteiger partial charge on any atom is -0.483 e. The van der Waals surface area contributed by atoms with Crippen molar-refractivity contribution in [2.24, 2.45) is 0 Å². The molecule has 1 aromatic heterocycles. The fourth-order valence-corrected chi connectivity index (χ4v) is 3.28. The van der Waals surface area contributed by atoms with Crippen LogP contribution in [-0.2, 0) is 16.1 Å². The molecule has 2 aromatic rings. The summed E-state index contributed by atoms with van der Waals surface area (Å²) in [5.41, 5.74) is -0.130. The van der Waals surface area contributed by atoms with Gasteiger partial charge in [0.05, 0.1) is 12.0 Å². The van der Waals surface area contributed by atoms with Crippen LogP contribution in [0.4, 0.5) is 4.79 Å². The van der Waals surface area contributed by atoms with E-state index < -0.39 is 0 Å². The summed E-state index contributed by atoms with van der Waals surface area (Å²) in [5.74, 6) is 0.328. The standard InChI is InChI=1S/C21H25N3O5/c1-3-9-23-10-8-16-17(20(23)26)6-5-7-18(16)29-15-19(25)22-11-13-24(14-12-22)21(27)28-4-2/h3,5-8,10H,1,4,9,11-15H2,2H3. The minimum absolute atomic E-state index is 0.130. The number of ether oxygens (including phenoxy) is 2. The lowest BCUT2D eigenvalue weighted by Gasteiger charge is -2.34.